The number of para-hydroxylation sites is 1. The maximum Gasteiger partial charge on any atom is 0.0636 e. The molecule has 0 aliphatic heterocycles. The number of aliphatic hydroxyl groups excluding tert-OH is 1. The Balaban J connectivity index is 2.06. The fraction of sp³-hybridized carbons (Fsp3) is 0.647. The van der Waals surface area contributed by atoms with Crippen LogP contribution in [0.4, 0.5) is 5.69 Å². The van der Waals surface area contributed by atoms with Crippen molar-refractivity contribution in [3.63, 3.8) is 0 Å². The standard InChI is InChI=1S/C17H27NO/c1-4-18(15-10-6-5-7-11-15)13-14-9-8-12-17(2,3)16(14)19/h5-7,10-11,14,16,19H,4,8-9,12-13H2,1-3H3. The van der Waals surface area contributed by atoms with Crippen LogP contribution in [0, 0.1) is 11.3 Å². The fourth-order valence-corrected chi connectivity index (χ4v) is 3.29. The van der Waals surface area contributed by atoms with Crippen molar-refractivity contribution < 1.29 is 5.11 Å². The van der Waals surface area contributed by atoms with E-state index in [2.05, 4.69) is 56.0 Å². The molecule has 2 nitrogen and oxygen atoms in total. The Bertz CT molecular complexity index is 388. The van der Waals surface area contributed by atoms with Gasteiger partial charge in [0.05, 0.1) is 6.10 Å². The summed E-state index contributed by atoms with van der Waals surface area (Å²) in [5.41, 5.74) is 1.33. The number of rotatable bonds is 4. The van der Waals surface area contributed by atoms with E-state index in [9.17, 15) is 5.11 Å². The number of hydrogen-bond donors (Lipinski definition) is 1. The lowest BCUT2D eigenvalue weighted by Gasteiger charge is -2.42. The Morgan fingerprint density at radius 3 is 2.58 bits per heavy atom. The van der Waals surface area contributed by atoms with E-state index in [1.54, 1.807) is 0 Å². The average Bonchev–Trinajstić information content (AvgIpc) is 2.41. The molecule has 1 aliphatic rings. The van der Waals surface area contributed by atoms with E-state index in [4.69, 9.17) is 0 Å². The Hall–Kier alpha value is -1.02. The third kappa shape index (κ3) is 3.30. The van der Waals surface area contributed by atoms with E-state index < -0.39 is 0 Å². The number of anilines is 1. The van der Waals surface area contributed by atoms with Crippen LogP contribution >= 0.6 is 0 Å². The van der Waals surface area contributed by atoms with Gasteiger partial charge in [0.25, 0.3) is 0 Å². The van der Waals surface area contributed by atoms with Gasteiger partial charge in [-0.2, -0.15) is 0 Å². The van der Waals surface area contributed by atoms with Crippen LogP contribution in [-0.2, 0) is 0 Å². The van der Waals surface area contributed by atoms with E-state index in [0.717, 1.165) is 25.9 Å². The van der Waals surface area contributed by atoms with Crippen LogP contribution in [0.3, 0.4) is 0 Å². The van der Waals surface area contributed by atoms with Gasteiger partial charge in [-0.3, -0.25) is 0 Å². The monoisotopic (exact) mass is 261 g/mol. The lowest BCUT2D eigenvalue weighted by atomic mass is 9.69. The first-order chi connectivity index (χ1) is 9.04. The summed E-state index contributed by atoms with van der Waals surface area (Å²) in [5, 5.41) is 10.6. The van der Waals surface area contributed by atoms with Crippen molar-refractivity contribution in [2.24, 2.45) is 11.3 Å². The lowest BCUT2D eigenvalue weighted by Crippen LogP contribution is -2.45. The Kier molecular flexibility index (Phi) is 4.51. The van der Waals surface area contributed by atoms with Crippen molar-refractivity contribution >= 4 is 5.69 Å². The third-order valence-electron chi connectivity index (χ3n) is 4.60. The molecule has 1 fully saturated rings. The van der Waals surface area contributed by atoms with Gasteiger partial charge in [-0.25, -0.2) is 0 Å². The lowest BCUT2D eigenvalue weighted by molar-refractivity contribution is -0.0292. The van der Waals surface area contributed by atoms with Crippen LogP contribution in [0.25, 0.3) is 0 Å². The van der Waals surface area contributed by atoms with Crippen molar-refractivity contribution in [1.29, 1.82) is 0 Å². The van der Waals surface area contributed by atoms with Crippen LogP contribution in [0.2, 0.25) is 0 Å². The van der Waals surface area contributed by atoms with E-state index in [0.29, 0.717) is 5.92 Å². The molecule has 0 spiro atoms. The molecule has 0 saturated heterocycles. The minimum absolute atomic E-state index is 0.0685. The van der Waals surface area contributed by atoms with Gasteiger partial charge in [-0.05, 0) is 37.3 Å². The Morgan fingerprint density at radius 2 is 1.95 bits per heavy atom. The summed E-state index contributed by atoms with van der Waals surface area (Å²) in [6.07, 6.45) is 3.34. The van der Waals surface area contributed by atoms with E-state index in [1.165, 1.54) is 12.1 Å². The van der Waals surface area contributed by atoms with E-state index in [1.807, 2.05) is 0 Å². The summed E-state index contributed by atoms with van der Waals surface area (Å²) in [5.74, 6) is 0.393. The fourth-order valence-electron chi connectivity index (χ4n) is 3.29. The molecule has 0 heterocycles. The summed E-state index contributed by atoms with van der Waals surface area (Å²) in [6.45, 7) is 8.54. The summed E-state index contributed by atoms with van der Waals surface area (Å²) in [4.78, 5) is 2.38. The van der Waals surface area contributed by atoms with Gasteiger partial charge in [0, 0.05) is 24.7 Å². The number of hydrogen-bond acceptors (Lipinski definition) is 2. The molecule has 0 amide bonds. The van der Waals surface area contributed by atoms with Crippen LogP contribution in [0.1, 0.15) is 40.0 Å². The van der Waals surface area contributed by atoms with E-state index >= 15 is 0 Å². The molecule has 1 N–H and O–H groups in total. The molecular weight excluding hydrogens is 234 g/mol. The van der Waals surface area contributed by atoms with E-state index in [-0.39, 0.29) is 11.5 Å². The maximum absolute atomic E-state index is 10.6. The minimum Gasteiger partial charge on any atom is -0.392 e. The molecule has 2 rings (SSSR count). The molecule has 0 bridgehead atoms. The second-order valence-corrected chi connectivity index (χ2v) is 6.46. The van der Waals surface area contributed by atoms with Crippen LogP contribution in [0.15, 0.2) is 30.3 Å². The van der Waals surface area contributed by atoms with Gasteiger partial charge < -0.3 is 10.0 Å². The largest absolute Gasteiger partial charge is 0.392 e. The Labute approximate surface area is 117 Å². The predicted molar refractivity (Wildman–Crippen MR) is 81.5 cm³/mol. The summed E-state index contributed by atoms with van der Waals surface area (Å²) < 4.78 is 0. The van der Waals surface area contributed by atoms with Gasteiger partial charge >= 0.3 is 0 Å². The quantitative estimate of drug-likeness (QED) is 0.893. The average molecular weight is 261 g/mol. The molecule has 2 atom stereocenters. The zero-order valence-electron chi connectivity index (χ0n) is 12.5. The maximum atomic E-state index is 10.6. The molecule has 1 aromatic carbocycles. The summed E-state index contributed by atoms with van der Waals surface area (Å²) in [7, 11) is 0. The first-order valence-electron chi connectivity index (χ1n) is 7.52. The predicted octanol–water partition coefficient (Wildman–Crippen LogP) is 3.70. The van der Waals surface area contributed by atoms with Crippen LogP contribution < -0.4 is 4.90 Å². The van der Waals surface area contributed by atoms with Gasteiger partial charge in [0.1, 0.15) is 0 Å². The second kappa shape index (κ2) is 5.96. The minimum atomic E-state index is -0.181. The molecule has 2 unspecified atom stereocenters. The number of aliphatic hydroxyl groups is 1. The number of nitrogens with zero attached hydrogens (tertiary/aromatic N) is 1. The van der Waals surface area contributed by atoms with Gasteiger partial charge in [-0.1, -0.05) is 38.5 Å². The highest BCUT2D eigenvalue weighted by Gasteiger charge is 2.38. The van der Waals surface area contributed by atoms with Gasteiger partial charge in [0.2, 0.25) is 0 Å². The van der Waals surface area contributed by atoms with Crippen molar-refractivity contribution in [3.8, 4) is 0 Å². The van der Waals surface area contributed by atoms with Crippen molar-refractivity contribution in [2.75, 3.05) is 18.0 Å². The molecular formula is C17H27NO. The normalized spacial score (nSPS) is 26.1. The molecule has 0 aromatic heterocycles. The highest BCUT2D eigenvalue weighted by Crippen LogP contribution is 2.39. The van der Waals surface area contributed by atoms with Gasteiger partial charge in [-0.15, -0.1) is 0 Å². The topological polar surface area (TPSA) is 23.5 Å². The first kappa shape index (κ1) is 14.4. The molecule has 106 valence electrons. The highest BCUT2D eigenvalue weighted by atomic mass is 16.3. The highest BCUT2D eigenvalue weighted by molar-refractivity contribution is 5.45. The molecule has 1 aliphatic carbocycles. The van der Waals surface area contributed by atoms with Crippen LogP contribution in [-0.4, -0.2) is 24.3 Å². The SMILES string of the molecule is CCN(CC1CCCC(C)(C)C1O)c1ccccc1. The third-order valence-corrected chi connectivity index (χ3v) is 4.60. The zero-order chi connectivity index (χ0) is 13.9. The molecule has 1 aromatic rings. The molecule has 2 heteroatoms. The van der Waals surface area contributed by atoms with Crippen molar-refractivity contribution in [3.05, 3.63) is 30.3 Å². The summed E-state index contributed by atoms with van der Waals surface area (Å²) in [6, 6.07) is 10.5. The van der Waals surface area contributed by atoms with Gasteiger partial charge in [0.15, 0.2) is 0 Å². The zero-order valence-corrected chi connectivity index (χ0v) is 12.5. The second-order valence-electron chi connectivity index (χ2n) is 6.46. The smallest absolute Gasteiger partial charge is 0.0636 e. The number of benzene rings is 1. The van der Waals surface area contributed by atoms with Crippen molar-refractivity contribution in [2.45, 2.75) is 46.1 Å². The Morgan fingerprint density at radius 1 is 1.26 bits per heavy atom. The molecule has 0 radical (unpaired) electrons. The first-order valence-corrected chi connectivity index (χ1v) is 7.52. The molecule has 1 saturated carbocycles. The van der Waals surface area contributed by atoms with Crippen molar-refractivity contribution in [1.82, 2.24) is 0 Å². The van der Waals surface area contributed by atoms with Crippen LogP contribution in [0.5, 0.6) is 0 Å². The molecule has 19 heavy (non-hydrogen) atoms. The summed E-state index contributed by atoms with van der Waals surface area (Å²) >= 11 is 0.